The topological polar surface area (TPSA) is 108 Å². The number of rotatable bonds is 1. The van der Waals surface area contributed by atoms with E-state index >= 15 is 8.78 Å². The van der Waals surface area contributed by atoms with Crippen LogP contribution in [0.5, 0.6) is 0 Å². The van der Waals surface area contributed by atoms with Crippen molar-refractivity contribution < 1.29 is 26.7 Å². The first-order valence-corrected chi connectivity index (χ1v) is 18.0. The van der Waals surface area contributed by atoms with Crippen molar-refractivity contribution >= 4 is 27.5 Å². The number of carbonyl (C=O) groups is 1. The van der Waals surface area contributed by atoms with E-state index in [1.54, 1.807) is 28.9 Å². The second kappa shape index (κ2) is 13.1. The van der Waals surface area contributed by atoms with E-state index in [1.807, 2.05) is 13.0 Å². The number of anilines is 2. The van der Waals surface area contributed by atoms with Crippen molar-refractivity contribution in [1.29, 1.82) is 0 Å². The van der Waals surface area contributed by atoms with Crippen LogP contribution < -0.4 is 10.2 Å². The van der Waals surface area contributed by atoms with Gasteiger partial charge in [-0.25, -0.2) is 32.0 Å². The molecule has 0 aliphatic carbocycles. The summed E-state index contributed by atoms with van der Waals surface area (Å²) in [5.74, 6) is -1.31. The Hall–Kier alpha value is -2.90. The Morgan fingerprint density at radius 3 is 2.58 bits per heavy atom. The molecule has 0 spiro atoms. The Labute approximate surface area is 264 Å². The molecule has 246 valence electrons. The molecule has 7 rings (SSSR count). The minimum absolute atomic E-state index is 0.0162. The molecule has 2 amide bonds. The fourth-order valence-electron chi connectivity index (χ4n) is 6.99. The van der Waals surface area contributed by atoms with Gasteiger partial charge >= 0.3 is 6.03 Å². The Kier molecular flexibility index (Phi) is 9.31. The molecule has 1 atom stereocenters. The molecule has 6 heterocycles. The molecule has 2 aromatic rings. The van der Waals surface area contributed by atoms with Gasteiger partial charge in [0.2, 0.25) is 0 Å². The first-order chi connectivity index (χ1) is 21.5. The highest BCUT2D eigenvalue weighted by Crippen LogP contribution is 2.40. The quantitative estimate of drug-likeness (QED) is 0.467. The smallest absolute Gasteiger partial charge is 0.326 e. The molecular weight excluding hydrogens is 602 g/mol. The third-order valence-electron chi connectivity index (χ3n) is 9.55. The van der Waals surface area contributed by atoms with Gasteiger partial charge in [0, 0.05) is 56.9 Å². The number of aromatic nitrogens is 2. The summed E-state index contributed by atoms with van der Waals surface area (Å²) in [4.78, 5) is 29.0. The molecule has 10 nitrogen and oxygen atoms in total. The van der Waals surface area contributed by atoms with E-state index in [2.05, 4.69) is 10.2 Å². The van der Waals surface area contributed by atoms with Gasteiger partial charge < -0.3 is 19.9 Å². The molecule has 0 radical (unpaired) electrons. The van der Waals surface area contributed by atoms with Crippen LogP contribution in [0.15, 0.2) is 24.3 Å². The van der Waals surface area contributed by atoms with E-state index < -0.39 is 15.8 Å². The second-order valence-electron chi connectivity index (χ2n) is 13.1. The number of aryl methyl sites for hydroxylation is 1. The molecule has 0 saturated carbocycles. The number of nitrogens with one attached hydrogen (secondary N) is 1. The Bertz CT molecular complexity index is 1490. The number of benzene rings is 1. The minimum atomic E-state index is -3.11. The number of hydrogen-bond donors (Lipinski definition) is 1. The third kappa shape index (κ3) is 7.25. The third-order valence-corrected chi connectivity index (χ3v) is 11.3. The molecule has 0 unspecified atom stereocenters. The molecule has 5 aliphatic heterocycles. The molecule has 1 N–H and O–H groups in total. The second-order valence-corrected chi connectivity index (χ2v) is 15.4. The van der Waals surface area contributed by atoms with Gasteiger partial charge in [-0.3, -0.25) is 4.90 Å². The number of amides is 2. The number of fused-ring (bicyclic) bond motifs is 9. The zero-order valence-corrected chi connectivity index (χ0v) is 27.0. The Morgan fingerprint density at radius 2 is 1.80 bits per heavy atom. The molecular formula is C32H44F2N6O4S. The summed E-state index contributed by atoms with van der Waals surface area (Å²) in [7, 11) is -3.11. The zero-order valence-electron chi connectivity index (χ0n) is 26.2. The summed E-state index contributed by atoms with van der Waals surface area (Å²) in [6.07, 6.45) is 3.04. The van der Waals surface area contributed by atoms with Crippen molar-refractivity contribution in [2.75, 3.05) is 61.1 Å². The van der Waals surface area contributed by atoms with Gasteiger partial charge in [0.1, 0.15) is 27.3 Å². The zero-order chi connectivity index (χ0) is 31.8. The van der Waals surface area contributed by atoms with Crippen LogP contribution in [0, 0.1) is 12.8 Å². The van der Waals surface area contributed by atoms with Gasteiger partial charge in [-0.15, -0.1) is 0 Å². The van der Waals surface area contributed by atoms with Gasteiger partial charge in [-0.1, -0.05) is 18.2 Å². The number of sulfone groups is 1. The summed E-state index contributed by atoms with van der Waals surface area (Å²) in [6.45, 7) is 7.68. The monoisotopic (exact) mass is 646 g/mol. The molecule has 5 aliphatic rings. The normalized spacial score (nSPS) is 27.8. The molecule has 1 aromatic carbocycles. The van der Waals surface area contributed by atoms with E-state index in [0.29, 0.717) is 75.1 Å². The summed E-state index contributed by atoms with van der Waals surface area (Å²) >= 11 is 0. The lowest BCUT2D eigenvalue weighted by molar-refractivity contribution is -0.0570. The van der Waals surface area contributed by atoms with Crippen molar-refractivity contribution in [2.45, 2.75) is 76.9 Å². The van der Waals surface area contributed by atoms with Gasteiger partial charge in [0.05, 0.1) is 23.6 Å². The van der Waals surface area contributed by atoms with Crippen LogP contribution in [0.2, 0.25) is 0 Å². The lowest BCUT2D eigenvalue weighted by Crippen LogP contribution is -2.54. The van der Waals surface area contributed by atoms with Crippen LogP contribution in [0.1, 0.15) is 74.0 Å². The number of ether oxygens (including phenoxy) is 1. The van der Waals surface area contributed by atoms with E-state index in [4.69, 9.17) is 14.7 Å². The summed E-state index contributed by atoms with van der Waals surface area (Å²) in [5.41, 5.74) is 1.46. The van der Waals surface area contributed by atoms with Gasteiger partial charge in [-0.2, -0.15) is 0 Å². The average Bonchev–Trinajstić information content (AvgIpc) is 2.97. The molecule has 45 heavy (non-hydrogen) atoms. The fourth-order valence-corrected chi connectivity index (χ4v) is 8.45. The first-order valence-electron chi connectivity index (χ1n) is 16.2. The van der Waals surface area contributed by atoms with Crippen molar-refractivity contribution in [3.63, 3.8) is 0 Å². The largest absolute Gasteiger partial charge is 0.381 e. The minimum Gasteiger partial charge on any atom is -0.381 e. The molecule has 13 heteroatoms. The predicted octanol–water partition coefficient (Wildman–Crippen LogP) is 4.89. The highest BCUT2D eigenvalue weighted by atomic mass is 32.2. The standard InChI is InChI=1S/C32H44F2N6O4S/c1-22-25-7-5-8-26(17-25)32(33,34)18-24-19-38(20-24)11-3-4-13-44-14-6-12-39-30-28(29(35-22)36-23(2)37-30)21-40(31(39)41)27-9-15-45(42,43)16-10-27/h5,7-8,17,22,24,27H,3-4,6,9-16,18-21H2,1-2H3,(H,35,36,37)/t22-/m1/s1. The summed E-state index contributed by atoms with van der Waals surface area (Å²) in [5, 5.41) is 3.45. The number of halogens is 2. The van der Waals surface area contributed by atoms with E-state index in [-0.39, 0.29) is 54.1 Å². The van der Waals surface area contributed by atoms with Crippen LogP contribution in [0.25, 0.3) is 0 Å². The van der Waals surface area contributed by atoms with Crippen molar-refractivity contribution in [1.82, 2.24) is 19.8 Å². The van der Waals surface area contributed by atoms with Crippen LogP contribution in [0.3, 0.4) is 0 Å². The van der Waals surface area contributed by atoms with Crippen molar-refractivity contribution in [3.8, 4) is 0 Å². The highest BCUT2D eigenvalue weighted by Gasteiger charge is 2.41. The lowest BCUT2D eigenvalue weighted by atomic mass is 9.89. The molecule has 1 aromatic heterocycles. The van der Waals surface area contributed by atoms with Gasteiger partial charge in [-0.05, 0) is 70.0 Å². The van der Waals surface area contributed by atoms with Crippen LogP contribution in [-0.4, -0.2) is 91.2 Å². The van der Waals surface area contributed by atoms with Crippen LogP contribution in [0.4, 0.5) is 25.2 Å². The number of carbonyl (C=O) groups excluding carboxylic acids is 1. The van der Waals surface area contributed by atoms with Crippen molar-refractivity contribution in [3.05, 3.63) is 46.8 Å². The maximum atomic E-state index is 15.5. The molecule has 2 saturated heterocycles. The average molecular weight is 647 g/mol. The highest BCUT2D eigenvalue weighted by molar-refractivity contribution is 7.91. The van der Waals surface area contributed by atoms with Gasteiger partial charge in [0.15, 0.2) is 0 Å². The van der Waals surface area contributed by atoms with Crippen molar-refractivity contribution in [2.24, 2.45) is 5.92 Å². The fraction of sp³-hybridized carbons (Fsp3) is 0.656. The maximum Gasteiger partial charge on any atom is 0.326 e. The number of nitrogens with zero attached hydrogens (tertiary/aromatic N) is 5. The number of alkyl halides is 2. The van der Waals surface area contributed by atoms with E-state index in [0.717, 1.165) is 24.9 Å². The van der Waals surface area contributed by atoms with E-state index in [1.165, 1.54) is 6.07 Å². The number of hydrogen-bond acceptors (Lipinski definition) is 8. The summed E-state index contributed by atoms with van der Waals surface area (Å²) < 4.78 is 61.2. The molecule has 8 bridgehead atoms. The summed E-state index contributed by atoms with van der Waals surface area (Å²) in [6, 6.07) is 5.85. The lowest BCUT2D eigenvalue weighted by Gasteiger charge is -2.42. The Balaban J connectivity index is 1.32. The Morgan fingerprint density at radius 1 is 1.04 bits per heavy atom. The van der Waals surface area contributed by atoms with Gasteiger partial charge in [0.25, 0.3) is 5.92 Å². The predicted molar refractivity (Wildman–Crippen MR) is 168 cm³/mol. The van der Waals surface area contributed by atoms with Crippen LogP contribution in [-0.2, 0) is 27.0 Å². The molecule has 2 fully saturated rings. The number of urea groups is 1. The first kappa shape index (κ1) is 32.1. The van der Waals surface area contributed by atoms with E-state index in [9.17, 15) is 13.2 Å². The van der Waals surface area contributed by atoms with Crippen LogP contribution >= 0.6 is 0 Å². The SMILES string of the molecule is Cc1nc2c3c(n1)N(CCCOCCCCN1CC(C1)CC(F)(F)c1cccc(c1)[C@@H](C)N2)C(=O)N(C1CCS(=O)(=O)CC1)C3. The maximum absolute atomic E-state index is 15.5.